The molecule has 0 rings (SSSR count). The Morgan fingerprint density at radius 2 is 1.67 bits per heavy atom. The zero-order chi connectivity index (χ0) is 9.23. The van der Waals surface area contributed by atoms with Crippen molar-refractivity contribution in [2.75, 3.05) is 0 Å². The Labute approximate surface area is 86.0 Å². The van der Waals surface area contributed by atoms with Crippen molar-refractivity contribution >= 4 is 21.7 Å². The molecule has 1 atom stereocenters. The van der Waals surface area contributed by atoms with E-state index in [1.807, 2.05) is 0 Å². The van der Waals surface area contributed by atoms with Gasteiger partial charge < -0.3 is 0 Å². The van der Waals surface area contributed by atoms with E-state index in [2.05, 4.69) is 13.8 Å². The van der Waals surface area contributed by atoms with Gasteiger partial charge in [-0.25, -0.2) is 0 Å². The van der Waals surface area contributed by atoms with Gasteiger partial charge in [-0.3, -0.25) is 0 Å². The fourth-order valence-corrected chi connectivity index (χ4v) is 1.78. The van der Waals surface area contributed by atoms with Crippen LogP contribution in [0.4, 0.5) is 0 Å². The maximum absolute atomic E-state index is 5.63. The van der Waals surface area contributed by atoms with Gasteiger partial charge in [0.05, 0.1) is 0 Å². The molecule has 0 saturated heterocycles. The van der Waals surface area contributed by atoms with Gasteiger partial charge in [0.15, 0.2) is 0 Å². The molecule has 0 aromatic heterocycles. The van der Waals surface area contributed by atoms with E-state index in [0.29, 0.717) is 5.25 Å². The number of unbranched alkanes of at least 4 members (excludes halogenated alkanes) is 5. The Hall–Kier alpha value is 0.640. The zero-order valence-corrected chi connectivity index (χ0v) is 9.89. The molecule has 0 radical (unpaired) electrons. The summed E-state index contributed by atoms with van der Waals surface area (Å²) in [7, 11) is 7.10. The van der Waals surface area contributed by atoms with Gasteiger partial charge in [-0.15, -0.1) is 0 Å². The summed E-state index contributed by atoms with van der Waals surface area (Å²) < 4.78 is 0. The van der Waals surface area contributed by atoms with Crippen molar-refractivity contribution in [3.05, 3.63) is 0 Å². The topological polar surface area (TPSA) is 0 Å². The largest absolute Gasteiger partial charge is 0.0654 e. The third-order valence-corrected chi connectivity index (χ3v) is 3.57. The fraction of sp³-hybridized carbons (Fsp3) is 1.00. The van der Waals surface area contributed by atoms with Crippen molar-refractivity contribution in [3.8, 4) is 0 Å². The first-order valence-corrected chi connectivity index (χ1v) is 6.79. The molecular weight excluding hydrogens is 188 g/mol. The van der Waals surface area contributed by atoms with E-state index in [9.17, 15) is 0 Å². The van der Waals surface area contributed by atoms with Crippen LogP contribution >= 0.6 is 21.7 Å². The SMILES string of the molecule is CCCCCCCCC(C)SCl. The van der Waals surface area contributed by atoms with Crippen molar-refractivity contribution in [1.29, 1.82) is 0 Å². The van der Waals surface area contributed by atoms with E-state index in [1.54, 1.807) is 0 Å². The Kier molecular flexibility index (Phi) is 10.2. The summed E-state index contributed by atoms with van der Waals surface area (Å²) in [6.45, 7) is 4.45. The molecule has 0 amide bonds. The van der Waals surface area contributed by atoms with Crippen LogP contribution in [0.3, 0.4) is 0 Å². The zero-order valence-electron chi connectivity index (χ0n) is 8.31. The maximum Gasteiger partial charge on any atom is 0.0171 e. The standard InChI is InChI=1S/C10H21ClS/c1-3-4-5-6-7-8-9-10(2)12-11/h10H,3-9H2,1-2H3. The number of rotatable bonds is 8. The molecule has 0 saturated carbocycles. The van der Waals surface area contributed by atoms with Gasteiger partial charge in [0, 0.05) is 5.25 Å². The van der Waals surface area contributed by atoms with Crippen LogP contribution in [0, 0.1) is 0 Å². The van der Waals surface area contributed by atoms with Gasteiger partial charge in [-0.2, -0.15) is 0 Å². The molecule has 0 aliphatic rings. The first-order valence-electron chi connectivity index (χ1n) is 5.08. The van der Waals surface area contributed by atoms with Crippen LogP contribution in [0.15, 0.2) is 0 Å². The third kappa shape index (κ3) is 8.73. The first kappa shape index (κ1) is 12.6. The molecule has 0 aliphatic heterocycles. The normalized spacial score (nSPS) is 13.2. The summed E-state index contributed by atoms with van der Waals surface area (Å²) in [5, 5.41) is 0.637. The predicted octanol–water partition coefficient (Wildman–Crippen LogP) is 5.01. The fourth-order valence-electron chi connectivity index (χ4n) is 1.26. The van der Waals surface area contributed by atoms with Gasteiger partial charge in [0.2, 0.25) is 0 Å². The van der Waals surface area contributed by atoms with Gasteiger partial charge >= 0.3 is 0 Å². The van der Waals surface area contributed by atoms with E-state index in [-0.39, 0.29) is 0 Å². The van der Waals surface area contributed by atoms with Gasteiger partial charge in [0.1, 0.15) is 0 Å². The molecule has 2 heteroatoms. The Bertz CT molecular complexity index is 85.9. The molecule has 0 spiro atoms. The summed E-state index contributed by atoms with van der Waals surface area (Å²) in [6, 6.07) is 0. The highest BCUT2D eigenvalue weighted by atomic mass is 35.7. The Morgan fingerprint density at radius 3 is 2.25 bits per heavy atom. The first-order chi connectivity index (χ1) is 5.81. The smallest absolute Gasteiger partial charge is 0.0171 e. The second kappa shape index (κ2) is 9.73. The lowest BCUT2D eigenvalue weighted by Crippen LogP contribution is -1.92. The van der Waals surface area contributed by atoms with Crippen molar-refractivity contribution < 1.29 is 0 Å². The summed E-state index contributed by atoms with van der Waals surface area (Å²) in [4.78, 5) is 0. The molecule has 0 aromatic rings. The van der Waals surface area contributed by atoms with E-state index in [0.717, 1.165) is 0 Å². The van der Waals surface area contributed by atoms with Crippen LogP contribution in [0.25, 0.3) is 0 Å². The van der Waals surface area contributed by atoms with Crippen molar-refractivity contribution in [2.24, 2.45) is 0 Å². The average molecular weight is 209 g/mol. The average Bonchev–Trinajstić information content (AvgIpc) is 2.10. The summed E-state index contributed by atoms with van der Waals surface area (Å²) >= 11 is 0. The molecule has 74 valence electrons. The van der Waals surface area contributed by atoms with E-state index in [4.69, 9.17) is 10.7 Å². The van der Waals surface area contributed by atoms with Crippen molar-refractivity contribution in [3.63, 3.8) is 0 Å². The number of hydrogen-bond donors (Lipinski definition) is 0. The summed E-state index contributed by atoms with van der Waals surface area (Å²) in [5.41, 5.74) is 0. The van der Waals surface area contributed by atoms with E-state index >= 15 is 0 Å². The number of hydrogen-bond acceptors (Lipinski definition) is 1. The van der Waals surface area contributed by atoms with Crippen molar-refractivity contribution in [1.82, 2.24) is 0 Å². The van der Waals surface area contributed by atoms with Crippen LogP contribution in [-0.2, 0) is 0 Å². The van der Waals surface area contributed by atoms with Gasteiger partial charge in [-0.1, -0.05) is 63.3 Å². The minimum atomic E-state index is 0.637. The Balaban J connectivity index is 2.90. The lowest BCUT2D eigenvalue weighted by atomic mass is 10.1. The highest BCUT2D eigenvalue weighted by Gasteiger charge is 1.99. The van der Waals surface area contributed by atoms with Crippen LogP contribution in [0.1, 0.15) is 58.8 Å². The molecule has 12 heavy (non-hydrogen) atoms. The van der Waals surface area contributed by atoms with Crippen LogP contribution in [-0.4, -0.2) is 5.25 Å². The van der Waals surface area contributed by atoms with Crippen LogP contribution in [0.5, 0.6) is 0 Å². The molecular formula is C10H21ClS. The molecule has 0 fully saturated rings. The molecule has 0 bridgehead atoms. The molecule has 0 heterocycles. The second-order valence-corrected chi connectivity index (χ2v) is 4.97. The predicted molar refractivity (Wildman–Crippen MR) is 60.9 cm³/mol. The minimum absolute atomic E-state index is 0.637. The maximum atomic E-state index is 5.63. The van der Waals surface area contributed by atoms with Crippen LogP contribution in [0.2, 0.25) is 0 Å². The summed E-state index contributed by atoms with van der Waals surface area (Å²) in [6.07, 6.45) is 9.59. The van der Waals surface area contributed by atoms with E-state index in [1.165, 1.54) is 55.9 Å². The monoisotopic (exact) mass is 208 g/mol. The Morgan fingerprint density at radius 1 is 1.08 bits per heavy atom. The van der Waals surface area contributed by atoms with Crippen LogP contribution < -0.4 is 0 Å². The molecule has 0 N–H and O–H groups in total. The third-order valence-electron chi connectivity index (χ3n) is 2.12. The second-order valence-electron chi connectivity index (χ2n) is 3.46. The van der Waals surface area contributed by atoms with Crippen molar-refractivity contribution in [2.45, 2.75) is 64.0 Å². The lowest BCUT2D eigenvalue weighted by Gasteiger charge is -2.05. The molecule has 0 aromatic carbocycles. The lowest BCUT2D eigenvalue weighted by molar-refractivity contribution is 0.589. The molecule has 0 aliphatic carbocycles. The minimum Gasteiger partial charge on any atom is -0.0654 e. The molecule has 0 nitrogen and oxygen atoms in total. The highest BCUT2D eigenvalue weighted by Crippen LogP contribution is 2.20. The highest BCUT2D eigenvalue weighted by molar-refractivity contribution is 8.21. The molecule has 1 unspecified atom stereocenters. The van der Waals surface area contributed by atoms with E-state index < -0.39 is 0 Å². The van der Waals surface area contributed by atoms with Gasteiger partial charge in [0.25, 0.3) is 0 Å². The number of halogens is 1. The summed E-state index contributed by atoms with van der Waals surface area (Å²) in [5.74, 6) is 0. The van der Waals surface area contributed by atoms with Gasteiger partial charge in [-0.05, 0) is 17.1 Å². The quantitative estimate of drug-likeness (QED) is 0.506.